The molecule has 0 radical (unpaired) electrons. The second-order valence-corrected chi connectivity index (χ2v) is 7.49. The first-order valence-electron chi connectivity index (χ1n) is 10.5. The quantitative estimate of drug-likeness (QED) is 0.225. The molecule has 0 bridgehead atoms. The van der Waals surface area contributed by atoms with Gasteiger partial charge in [0, 0.05) is 6.07 Å². The van der Waals surface area contributed by atoms with E-state index in [9.17, 15) is 20.0 Å². The molecule has 0 aliphatic carbocycles. The molecule has 0 saturated heterocycles. The molecule has 0 unspecified atom stereocenters. The summed E-state index contributed by atoms with van der Waals surface area (Å²) in [6.07, 6.45) is 1.29. The lowest BCUT2D eigenvalue weighted by Crippen LogP contribution is -2.43. The third kappa shape index (κ3) is 4.80. The number of hydrazone groups is 1. The fourth-order valence-electron chi connectivity index (χ4n) is 3.59. The monoisotopic (exact) mass is 471 g/mol. The smallest absolute Gasteiger partial charge is 0.281 e. The zero-order valence-corrected chi connectivity index (χ0v) is 18.6. The van der Waals surface area contributed by atoms with Gasteiger partial charge in [-0.1, -0.05) is 60.7 Å². The van der Waals surface area contributed by atoms with E-state index >= 15 is 0 Å². The first-order valence-corrected chi connectivity index (χ1v) is 10.5. The molecule has 4 aromatic rings. The number of methoxy groups -OCH3 is 1. The third-order valence-electron chi connectivity index (χ3n) is 5.36. The Morgan fingerprint density at radius 1 is 1.03 bits per heavy atom. The van der Waals surface area contributed by atoms with Gasteiger partial charge in [-0.15, -0.1) is 0 Å². The molecule has 0 aliphatic rings. The molecule has 9 heteroatoms. The number of carbonyl (C=O) groups is 1. The molecule has 9 nitrogen and oxygen atoms in total. The van der Waals surface area contributed by atoms with Crippen LogP contribution in [0.5, 0.6) is 5.75 Å². The van der Waals surface area contributed by atoms with Crippen molar-refractivity contribution >= 4 is 17.8 Å². The number of furan rings is 1. The van der Waals surface area contributed by atoms with Gasteiger partial charge in [0.15, 0.2) is 5.60 Å². The average molecular weight is 471 g/mol. The number of ether oxygens (including phenoxy) is 1. The summed E-state index contributed by atoms with van der Waals surface area (Å²) in [4.78, 5) is 23.6. The van der Waals surface area contributed by atoms with E-state index in [1.165, 1.54) is 31.5 Å². The maximum Gasteiger partial charge on any atom is 0.281 e. The van der Waals surface area contributed by atoms with E-state index in [1.54, 1.807) is 72.8 Å². The predicted molar refractivity (Wildman–Crippen MR) is 129 cm³/mol. The van der Waals surface area contributed by atoms with E-state index in [0.29, 0.717) is 28.2 Å². The van der Waals surface area contributed by atoms with Crippen molar-refractivity contribution in [2.75, 3.05) is 7.11 Å². The van der Waals surface area contributed by atoms with Gasteiger partial charge in [-0.3, -0.25) is 14.9 Å². The van der Waals surface area contributed by atoms with Crippen molar-refractivity contribution in [1.82, 2.24) is 5.43 Å². The van der Waals surface area contributed by atoms with Gasteiger partial charge in [0.05, 0.1) is 29.9 Å². The van der Waals surface area contributed by atoms with E-state index in [0.717, 1.165) is 0 Å². The van der Waals surface area contributed by atoms with Crippen molar-refractivity contribution in [3.63, 3.8) is 0 Å². The van der Waals surface area contributed by atoms with Crippen LogP contribution in [-0.2, 0) is 10.4 Å². The molecule has 4 rings (SSSR count). The van der Waals surface area contributed by atoms with Gasteiger partial charge in [-0.2, -0.15) is 5.10 Å². The van der Waals surface area contributed by atoms with Crippen molar-refractivity contribution in [3.8, 4) is 17.1 Å². The number of nitro groups is 1. The topological polar surface area (TPSA) is 127 Å². The minimum absolute atomic E-state index is 0.106. The molecule has 35 heavy (non-hydrogen) atoms. The van der Waals surface area contributed by atoms with Crippen LogP contribution in [-0.4, -0.2) is 29.3 Å². The molecule has 0 atom stereocenters. The molecule has 1 heterocycles. The minimum Gasteiger partial charge on any atom is -0.496 e. The Kier molecular flexibility index (Phi) is 6.70. The molecule has 0 fully saturated rings. The van der Waals surface area contributed by atoms with Crippen molar-refractivity contribution in [2.45, 2.75) is 5.60 Å². The number of nitrogens with one attached hydrogen (secondary N) is 1. The van der Waals surface area contributed by atoms with Crippen LogP contribution in [0.15, 0.2) is 101 Å². The lowest BCUT2D eigenvalue weighted by atomic mass is 9.85. The fourth-order valence-corrected chi connectivity index (χ4v) is 3.59. The number of amides is 1. The highest BCUT2D eigenvalue weighted by Gasteiger charge is 2.39. The fraction of sp³-hybridized carbons (Fsp3) is 0.0769. The van der Waals surface area contributed by atoms with Crippen LogP contribution in [0.1, 0.15) is 16.9 Å². The van der Waals surface area contributed by atoms with Gasteiger partial charge >= 0.3 is 0 Å². The zero-order valence-electron chi connectivity index (χ0n) is 18.6. The summed E-state index contributed by atoms with van der Waals surface area (Å²) in [5.74, 6) is 0.245. The number of hydrogen-bond acceptors (Lipinski definition) is 7. The maximum absolute atomic E-state index is 13.1. The summed E-state index contributed by atoms with van der Waals surface area (Å²) in [6.45, 7) is 0. The normalized spacial score (nSPS) is 11.4. The third-order valence-corrected chi connectivity index (χ3v) is 5.36. The standard InChI is InChI=1S/C26H21N3O6/c1-34-24-16-20(29(32)33)12-14-22(24)23-15-13-21(35-23)17-27-28-25(30)26(31,18-8-4-2-5-9-18)19-10-6-3-7-11-19/h2-17,31H,1H3,(H,28,30)/b27-17-. The van der Waals surface area contributed by atoms with Crippen molar-refractivity contribution < 1.29 is 24.0 Å². The number of rotatable bonds is 8. The highest BCUT2D eigenvalue weighted by Crippen LogP contribution is 2.34. The van der Waals surface area contributed by atoms with Crippen LogP contribution in [0.3, 0.4) is 0 Å². The summed E-state index contributed by atoms with van der Waals surface area (Å²) in [5.41, 5.74) is 1.62. The van der Waals surface area contributed by atoms with Gasteiger partial charge in [0.2, 0.25) is 0 Å². The van der Waals surface area contributed by atoms with Crippen LogP contribution >= 0.6 is 0 Å². The number of carbonyl (C=O) groups excluding carboxylic acids is 1. The molecule has 176 valence electrons. The Morgan fingerprint density at radius 3 is 2.23 bits per heavy atom. The molecule has 3 aromatic carbocycles. The summed E-state index contributed by atoms with van der Waals surface area (Å²) in [6, 6.07) is 24.6. The van der Waals surface area contributed by atoms with Crippen molar-refractivity contribution in [1.29, 1.82) is 0 Å². The summed E-state index contributed by atoms with van der Waals surface area (Å²) >= 11 is 0. The molecule has 2 N–H and O–H groups in total. The molecular weight excluding hydrogens is 450 g/mol. The Morgan fingerprint density at radius 2 is 1.66 bits per heavy atom. The molecule has 1 aromatic heterocycles. The predicted octanol–water partition coefficient (Wildman–Crippen LogP) is 4.25. The summed E-state index contributed by atoms with van der Waals surface area (Å²) in [5, 5.41) is 26.4. The molecular formula is C26H21N3O6. The molecule has 1 amide bonds. The molecule has 0 saturated carbocycles. The van der Waals surface area contributed by atoms with Gasteiger partial charge in [0.1, 0.15) is 17.3 Å². The first kappa shape index (κ1) is 23.4. The number of hydrogen-bond donors (Lipinski definition) is 2. The van der Waals surface area contributed by atoms with Crippen LogP contribution < -0.4 is 10.2 Å². The highest BCUT2D eigenvalue weighted by molar-refractivity contribution is 5.91. The van der Waals surface area contributed by atoms with Crippen LogP contribution in [0.2, 0.25) is 0 Å². The Hall–Kier alpha value is -4.76. The largest absolute Gasteiger partial charge is 0.496 e. The Balaban J connectivity index is 1.55. The van der Waals surface area contributed by atoms with Gasteiger partial charge in [-0.05, 0) is 29.3 Å². The van der Waals surface area contributed by atoms with Crippen LogP contribution in [0.4, 0.5) is 5.69 Å². The summed E-state index contributed by atoms with van der Waals surface area (Å²) < 4.78 is 11.0. The Bertz CT molecular complexity index is 1330. The van der Waals surface area contributed by atoms with Crippen molar-refractivity contribution in [3.05, 3.63) is 118 Å². The van der Waals surface area contributed by atoms with Gasteiger partial charge < -0.3 is 14.3 Å². The first-order chi connectivity index (χ1) is 16.9. The second-order valence-electron chi connectivity index (χ2n) is 7.49. The lowest BCUT2D eigenvalue weighted by Gasteiger charge is -2.26. The number of non-ortho nitro benzene ring substituents is 1. The van der Waals surface area contributed by atoms with E-state index in [2.05, 4.69) is 10.5 Å². The van der Waals surface area contributed by atoms with Crippen molar-refractivity contribution in [2.24, 2.45) is 5.10 Å². The van der Waals surface area contributed by atoms with E-state index in [1.807, 2.05) is 0 Å². The lowest BCUT2D eigenvalue weighted by molar-refractivity contribution is -0.384. The number of benzene rings is 3. The number of nitro benzene ring substituents is 1. The average Bonchev–Trinajstić information content (AvgIpc) is 3.37. The molecule has 0 aliphatic heterocycles. The van der Waals surface area contributed by atoms with Crippen LogP contribution in [0.25, 0.3) is 11.3 Å². The van der Waals surface area contributed by atoms with E-state index < -0.39 is 16.4 Å². The molecule has 0 spiro atoms. The second kappa shape index (κ2) is 10.0. The van der Waals surface area contributed by atoms with Gasteiger partial charge in [0.25, 0.3) is 11.6 Å². The Labute approximate surface area is 200 Å². The van der Waals surface area contributed by atoms with Crippen LogP contribution in [0, 0.1) is 10.1 Å². The maximum atomic E-state index is 13.1. The van der Waals surface area contributed by atoms with E-state index in [4.69, 9.17) is 9.15 Å². The number of aliphatic hydroxyl groups is 1. The zero-order chi connectivity index (χ0) is 24.8. The van der Waals surface area contributed by atoms with Gasteiger partial charge in [-0.25, -0.2) is 5.43 Å². The minimum atomic E-state index is -1.96. The van der Waals surface area contributed by atoms with E-state index in [-0.39, 0.29) is 11.4 Å². The summed E-state index contributed by atoms with van der Waals surface area (Å²) in [7, 11) is 1.41. The SMILES string of the molecule is COc1cc([N+](=O)[O-])ccc1-c1ccc(/C=N\NC(=O)C(O)(c2ccccc2)c2ccccc2)o1. The number of nitrogens with zero attached hydrogens (tertiary/aromatic N) is 2. The highest BCUT2D eigenvalue weighted by atomic mass is 16.6.